The van der Waals surface area contributed by atoms with E-state index in [1.54, 1.807) is 10.3 Å². The molecule has 158 valence electrons. The second-order valence-electron chi connectivity index (χ2n) is 5.76. The van der Waals surface area contributed by atoms with Crippen LogP contribution in [0.3, 0.4) is 0 Å². The molecule has 2 aromatic heterocycles. The molecule has 0 atom stereocenters. The van der Waals surface area contributed by atoms with E-state index in [0.29, 0.717) is 12.3 Å². The highest BCUT2D eigenvalue weighted by molar-refractivity contribution is 6.03. The number of halogens is 7. The predicted molar refractivity (Wildman–Crippen MR) is 86.3 cm³/mol. The van der Waals surface area contributed by atoms with Crippen LogP contribution in [0, 0.1) is 5.82 Å². The SMILES string of the molecule is O=C(Nc1cc(C(F)(F)F)c[nH]c1=O)c1nnn(-c2cccc(F)c2)c1C(F)(F)F. The Hall–Kier alpha value is -3.71. The van der Waals surface area contributed by atoms with E-state index in [1.165, 1.54) is 0 Å². The van der Waals surface area contributed by atoms with Crippen LogP contribution in [0.4, 0.5) is 36.4 Å². The second-order valence-corrected chi connectivity index (χ2v) is 5.76. The Morgan fingerprint density at radius 2 is 1.77 bits per heavy atom. The number of hydrogen-bond acceptors (Lipinski definition) is 4. The molecule has 7 nitrogen and oxygen atoms in total. The highest BCUT2D eigenvalue weighted by Gasteiger charge is 2.42. The second kappa shape index (κ2) is 7.27. The fraction of sp³-hybridized carbons (Fsp3) is 0.125. The number of pyridine rings is 1. The first kappa shape index (κ1) is 21.0. The Morgan fingerprint density at radius 3 is 2.37 bits per heavy atom. The Labute approximate surface area is 161 Å². The van der Waals surface area contributed by atoms with Crippen molar-refractivity contribution in [3.05, 3.63) is 69.7 Å². The standard InChI is InChI=1S/C16H8F7N5O2/c17-8-2-1-3-9(5-8)28-12(16(21,22)23)11(26-27-28)14(30)25-10-4-7(15(18,19)20)6-24-13(10)29/h1-6H,(H,24,29)(H,25,30). The van der Waals surface area contributed by atoms with Crippen molar-refractivity contribution in [3.63, 3.8) is 0 Å². The lowest BCUT2D eigenvalue weighted by molar-refractivity contribution is -0.143. The fourth-order valence-corrected chi connectivity index (χ4v) is 2.40. The summed E-state index contributed by atoms with van der Waals surface area (Å²) in [7, 11) is 0. The van der Waals surface area contributed by atoms with Crippen molar-refractivity contribution in [2.24, 2.45) is 0 Å². The van der Waals surface area contributed by atoms with E-state index >= 15 is 0 Å². The van der Waals surface area contributed by atoms with Crippen LogP contribution < -0.4 is 10.9 Å². The number of alkyl halides is 6. The Bertz CT molecular complexity index is 1160. The summed E-state index contributed by atoms with van der Waals surface area (Å²) in [6.45, 7) is 0. The molecule has 0 bridgehead atoms. The van der Waals surface area contributed by atoms with Gasteiger partial charge in [0.05, 0.1) is 11.3 Å². The van der Waals surface area contributed by atoms with Gasteiger partial charge in [0.1, 0.15) is 11.5 Å². The first-order valence-electron chi connectivity index (χ1n) is 7.78. The molecule has 2 N–H and O–H groups in total. The van der Waals surface area contributed by atoms with Gasteiger partial charge in [0, 0.05) is 6.20 Å². The average molecular weight is 435 g/mol. The number of carbonyl (C=O) groups excluding carboxylic acids is 1. The molecule has 2 heterocycles. The molecule has 0 saturated heterocycles. The zero-order valence-electron chi connectivity index (χ0n) is 14.3. The first-order chi connectivity index (χ1) is 13.9. The summed E-state index contributed by atoms with van der Waals surface area (Å²) < 4.78 is 92.4. The van der Waals surface area contributed by atoms with E-state index < -0.39 is 58.0 Å². The van der Waals surface area contributed by atoms with Crippen molar-refractivity contribution in [2.45, 2.75) is 12.4 Å². The van der Waals surface area contributed by atoms with Crippen LogP contribution in [0.15, 0.2) is 41.3 Å². The van der Waals surface area contributed by atoms with Crippen LogP contribution in [0.5, 0.6) is 0 Å². The average Bonchev–Trinajstić information content (AvgIpc) is 3.08. The molecule has 0 spiro atoms. The molecule has 0 fully saturated rings. The molecule has 3 rings (SSSR count). The van der Waals surface area contributed by atoms with E-state index in [2.05, 4.69) is 10.3 Å². The lowest BCUT2D eigenvalue weighted by Crippen LogP contribution is -2.24. The molecule has 0 saturated carbocycles. The number of anilines is 1. The van der Waals surface area contributed by atoms with Gasteiger partial charge in [-0.2, -0.15) is 26.3 Å². The number of nitrogens with one attached hydrogen (secondary N) is 2. The Kier molecular flexibility index (Phi) is 5.09. The molecule has 14 heteroatoms. The first-order valence-corrected chi connectivity index (χ1v) is 7.78. The van der Waals surface area contributed by atoms with Crippen LogP contribution in [0.2, 0.25) is 0 Å². The number of benzene rings is 1. The number of aromatic nitrogens is 4. The quantitative estimate of drug-likeness (QED) is 0.617. The van der Waals surface area contributed by atoms with E-state index in [-0.39, 0.29) is 10.7 Å². The minimum atomic E-state index is -5.21. The summed E-state index contributed by atoms with van der Waals surface area (Å²) in [5, 5.41) is 7.95. The van der Waals surface area contributed by atoms with Crippen molar-refractivity contribution in [1.82, 2.24) is 20.0 Å². The van der Waals surface area contributed by atoms with E-state index in [1.807, 2.05) is 0 Å². The Balaban J connectivity index is 2.05. The van der Waals surface area contributed by atoms with Crippen molar-refractivity contribution in [2.75, 3.05) is 5.32 Å². The van der Waals surface area contributed by atoms with Crippen LogP contribution in [-0.2, 0) is 12.4 Å². The highest BCUT2D eigenvalue weighted by atomic mass is 19.4. The van der Waals surface area contributed by atoms with Crippen LogP contribution in [0.25, 0.3) is 5.69 Å². The minimum absolute atomic E-state index is 0.147. The number of amides is 1. The van der Waals surface area contributed by atoms with Crippen LogP contribution in [0.1, 0.15) is 21.7 Å². The Morgan fingerprint density at radius 1 is 1.07 bits per heavy atom. The van der Waals surface area contributed by atoms with Gasteiger partial charge in [-0.15, -0.1) is 5.10 Å². The molecular weight excluding hydrogens is 427 g/mol. The smallest absolute Gasteiger partial charge is 0.327 e. The summed E-state index contributed by atoms with van der Waals surface area (Å²) in [5.41, 5.74) is -6.95. The van der Waals surface area contributed by atoms with Gasteiger partial charge in [0.2, 0.25) is 0 Å². The third kappa shape index (κ3) is 4.16. The number of aromatic amines is 1. The van der Waals surface area contributed by atoms with Gasteiger partial charge >= 0.3 is 12.4 Å². The van der Waals surface area contributed by atoms with E-state index in [0.717, 1.165) is 18.2 Å². The number of carbonyl (C=O) groups is 1. The monoisotopic (exact) mass is 435 g/mol. The largest absolute Gasteiger partial charge is 0.435 e. The zero-order valence-corrected chi connectivity index (χ0v) is 14.3. The van der Waals surface area contributed by atoms with Gasteiger partial charge < -0.3 is 10.3 Å². The molecule has 0 radical (unpaired) electrons. The topological polar surface area (TPSA) is 92.7 Å². The molecule has 1 amide bonds. The molecule has 0 aliphatic rings. The molecular formula is C16H8F7N5O2. The minimum Gasteiger partial charge on any atom is -0.327 e. The highest BCUT2D eigenvalue weighted by Crippen LogP contribution is 2.33. The summed E-state index contributed by atoms with van der Waals surface area (Å²) in [5.74, 6) is -2.53. The van der Waals surface area contributed by atoms with Crippen molar-refractivity contribution >= 4 is 11.6 Å². The van der Waals surface area contributed by atoms with Crippen molar-refractivity contribution in [3.8, 4) is 5.69 Å². The summed E-state index contributed by atoms with van der Waals surface area (Å²) >= 11 is 0. The van der Waals surface area contributed by atoms with Crippen molar-refractivity contribution in [1.29, 1.82) is 0 Å². The molecule has 0 aliphatic carbocycles. The maximum Gasteiger partial charge on any atom is 0.435 e. The zero-order chi connectivity index (χ0) is 22.3. The van der Waals surface area contributed by atoms with Gasteiger partial charge in [-0.1, -0.05) is 11.3 Å². The summed E-state index contributed by atoms with van der Waals surface area (Å²) in [6, 6.07) is 4.06. The van der Waals surface area contributed by atoms with Gasteiger partial charge in [0.15, 0.2) is 11.4 Å². The third-order valence-electron chi connectivity index (χ3n) is 3.69. The number of nitrogens with zero attached hydrogens (tertiary/aromatic N) is 3. The van der Waals surface area contributed by atoms with Crippen LogP contribution in [-0.4, -0.2) is 25.9 Å². The van der Waals surface area contributed by atoms with Gasteiger partial charge in [-0.3, -0.25) is 9.59 Å². The van der Waals surface area contributed by atoms with Gasteiger partial charge in [-0.05, 0) is 24.3 Å². The maximum absolute atomic E-state index is 13.5. The number of rotatable bonds is 3. The number of hydrogen-bond donors (Lipinski definition) is 2. The maximum atomic E-state index is 13.5. The molecule has 30 heavy (non-hydrogen) atoms. The summed E-state index contributed by atoms with van der Waals surface area (Å²) in [4.78, 5) is 25.7. The van der Waals surface area contributed by atoms with Crippen molar-refractivity contribution < 1.29 is 35.5 Å². The predicted octanol–water partition coefficient (Wildman–Crippen LogP) is 3.38. The lowest BCUT2D eigenvalue weighted by atomic mass is 10.2. The summed E-state index contributed by atoms with van der Waals surface area (Å²) in [6.07, 6.45) is -9.76. The van der Waals surface area contributed by atoms with E-state index in [9.17, 15) is 40.3 Å². The molecule has 1 aromatic carbocycles. The van der Waals surface area contributed by atoms with Crippen LogP contribution >= 0.6 is 0 Å². The third-order valence-corrected chi connectivity index (χ3v) is 3.69. The normalized spacial score (nSPS) is 12.1. The molecule has 0 aliphatic heterocycles. The lowest BCUT2D eigenvalue weighted by Gasteiger charge is -2.12. The van der Waals surface area contributed by atoms with Gasteiger partial charge in [-0.25, -0.2) is 9.07 Å². The van der Waals surface area contributed by atoms with Gasteiger partial charge in [0.25, 0.3) is 11.5 Å². The fourth-order valence-electron chi connectivity index (χ4n) is 2.40. The van der Waals surface area contributed by atoms with E-state index in [4.69, 9.17) is 0 Å². The molecule has 3 aromatic rings. The number of H-pyrrole nitrogens is 1. The molecule has 0 unspecified atom stereocenters.